The normalized spacial score (nSPS) is 10.4. The van der Waals surface area contributed by atoms with Gasteiger partial charge in [0, 0.05) is 12.2 Å². The zero-order valence-corrected chi connectivity index (χ0v) is 12.4. The van der Waals surface area contributed by atoms with Crippen molar-refractivity contribution in [3.8, 4) is 5.75 Å². The summed E-state index contributed by atoms with van der Waals surface area (Å²) in [6.45, 7) is 4.77. The number of carbonyl (C=O) groups is 1. The summed E-state index contributed by atoms with van der Waals surface area (Å²) in [7, 11) is 1.50. The summed E-state index contributed by atoms with van der Waals surface area (Å²) < 4.78 is 12.3. The number of nitrogens with two attached hydrogens (primary N) is 1. The van der Waals surface area contributed by atoms with Gasteiger partial charge >= 0.3 is 5.97 Å². The van der Waals surface area contributed by atoms with Crippen molar-refractivity contribution < 1.29 is 14.3 Å². The fraction of sp³-hybridized carbons (Fsp3) is 0.333. The average Bonchev–Trinajstić information content (AvgIpc) is 2.84. The van der Waals surface area contributed by atoms with E-state index >= 15 is 0 Å². The van der Waals surface area contributed by atoms with Gasteiger partial charge in [-0.3, -0.25) is 4.68 Å². The lowest BCUT2D eigenvalue weighted by Crippen LogP contribution is -2.10. The maximum absolute atomic E-state index is 12.2. The van der Waals surface area contributed by atoms with Gasteiger partial charge in [0.05, 0.1) is 18.5 Å². The number of carbonyl (C=O) groups excluding carboxylic acids is 1. The molecule has 0 fully saturated rings. The molecule has 0 spiro atoms. The monoisotopic (exact) mass is 289 g/mol. The molecule has 2 N–H and O–H groups in total. The Hall–Kier alpha value is -2.50. The highest BCUT2D eigenvalue weighted by Gasteiger charge is 2.15. The highest BCUT2D eigenvalue weighted by molar-refractivity contribution is 5.93. The molecule has 0 saturated carbocycles. The molecule has 0 amide bonds. The Kier molecular flexibility index (Phi) is 4.47. The molecular formula is C15H19N3O3. The Balaban J connectivity index is 2.13. The molecule has 2 aromatic rings. The van der Waals surface area contributed by atoms with E-state index in [1.165, 1.54) is 7.11 Å². The van der Waals surface area contributed by atoms with Gasteiger partial charge in [-0.25, -0.2) is 4.79 Å². The molecular weight excluding hydrogens is 270 g/mol. The Morgan fingerprint density at radius 1 is 1.38 bits per heavy atom. The number of anilines is 1. The van der Waals surface area contributed by atoms with Gasteiger partial charge in [-0.1, -0.05) is 0 Å². The summed E-state index contributed by atoms with van der Waals surface area (Å²) >= 11 is 0. The molecule has 0 aliphatic rings. The summed E-state index contributed by atoms with van der Waals surface area (Å²) in [5.74, 6) is -0.0324. The molecule has 6 nitrogen and oxygen atoms in total. The number of hydrogen-bond acceptors (Lipinski definition) is 5. The van der Waals surface area contributed by atoms with Gasteiger partial charge < -0.3 is 15.2 Å². The number of methoxy groups -OCH3 is 1. The summed E-state index contributed by atoms with van der Waals surface area (Å²) in [5, 5.41) is 4.31. The number of esters is 1. The molecule has 0 radical (unpaired) electrons. The van der Waals surface area contributed by atoms with Gasteiger partial charge in [-0.05, 0) is 38.1 Å². The van der Waals surface area contributed by atoms with Crippen LogP contribution in [-0.2, 0) is 17.9 Å². The smallest absolute Gasteiger partial charge is 0.342 e. The molecule has 1 aromatic heterocycles. The summed E-state index contributed by atoms with van der Waals surface area (Å²) in [5.41, 5.74) is 8.24. The highest BCUT2D eigenvalue weighted by atomic mass is 16.5. The van der Waals surface area contributed by atoms with Crippen LogP contribution in [-0.4, -0.2) is 22.9 Å². The number of aryl methyl sites for hydroxylation is 2. The first-order chi connectivity index (χ1) is 10.0. The third-order valence-electron chi connectivity index (χ3n) is 3.08. The standard InChI is InChI=1S/C15H19N3O3/c1-4-18-12(7-10(2)17-18)9-21-15(19)13-8-11(16)5-6-14(13)20-3/h5-8H,4,9,16H2,1-3H3. The van der Waals surface area contributed by atoms with Crippen LogP contribution < -0.4 is 10.5 Å². The second-order valence-corrected chi connectivity index (χ2v) is 4.63. The van der Waals surface area contributed by atoms with Gasteiger partial charge in [0.15, 0.2) is 0 Å². The highest BCUT2D eigenvalue weighted by Crippen LogP contribution is 2.22. The summed E-state index contributed by atoms with van der Waals surface area (Å²) in [6.07, 6.45) is 0. The van der Waals surface area contributed by atoms with Crippen molar-refractivity contribution in [3.05, 3.63) is 41.2 Å². The van der Waals surface area contributed by atoms with E-state index in [0.29, 0.717) is 17.0 Å². The van der Waals surface area contributed by atoms with E-state index in [4.69, 9.17) is 15.2 Å². The molecule has 0 aliphatic heterocycles. The predicted molar refractivity (Wildman–Crippen MR) is 79.2 cm³/mol. The lowest BCUT2D eigenvalue weighted by molar-refractivity contribution is 0.0459. The van der Waals surface area contributed by atoms with Gasteiger partial charge in [-0.15, -0.1) is 0 Å². The number of nitrogens with zero attached hydrogens (tertiary/aromatic N) is 2. The van der Waals surface area contributed by atoms with E-state index in [0.717, 1.165) is 17.9 Å². The minimum absolute atomic E-state index is 0.158. The minimum Gasteiger partial charge on any atom is -0.496 e. The van der Waals surface area contributed by atoms with E-state index in [1.807, 2.05) is 19.9 Å². The molecule has 0 atom stereocenters. The van der Waals surface area contributed by atoms with E-state index < -0.39 is 5.97 Å². The first-order valence-electron chi connectivity index (χ1n) is 6.69. The Labute approximate surface area is 123 Å². The Morgan fingerprint density at radius 3 is 2.81 bits per heavy atom. The quantitative estimate of drug-likeness (QED) is 0.674. The zero-order chi connectivity index (χ0) is 15.4. The van der Waals surface area contributed by atoms with Crippen LogP contribution in [0.25, 0.3) is 0 Å². The second-order valence-electron chi connectivity index (χ2n) is 4.63. The van der Waals surface area contributed by atoms with Crippen LogP contribution in [0.4, 0.5) is 5.69 Å². The Bertz CT molecular complexity index is 650. The van der Waals surface area contributed by atoms with Gasteiger partial charge in [0.25, 0.3) is 0 Å². The molecule has 112 valence electrons. The van der Waals surface area contributed by atoms with Crippen molar-refractivity contribution in [2.24, 2.45) is 0 Å². The van der Waals surface area contributed by atoms with E-state index in [1.54, 1.807) is 22.9 Å². The van der Waals surface area contributed by atoms with Crippen LogP contribution >= 0.6 is 0 Å². The van der Waals surface area contributed by atoms with Gasteiger partial charge in [-0.2, -0.15) is 5.10 Å². The third kappa shape index (κ3) is 3.34. The second kappa shape index (κ2) is 6.30. The van der Waals surface area contributed by atoms with Crippen molar-refractivity contribution in [3.63, 3.8) is 0 Å². The third-order valence-corrected chi connectivity index (χ3v) is 3.08. The number of ether oxygens (including phenoxy) is 2. The maximum atomic E-state index is 12.2. The first-order valence-corrected chi connectivity index (χ1v) is 6.69. The number of rotatable bonds is 5. The SMILES string of the molecule is CCn1nc(C)cc1COC(=O)c1cc(N)ccc1OC. The molecule has 21 heavy (non-hydrogen) atoms. The van der Waals surface area contributed by atoms with E-state index in [9.17, 15) is 4.79 Å². The van der Waals surface area contributed by atoms with Gasteiger partial charge in [0.2, 0.25) is 0 Å². The average molecular weight is 289 g/mol. The van der Waals surface area contributed by atoms with Crippen LogP contribution in [0.15, 0.2) is 24.3 Å². The molecule has 0 saturated heterocycles. The van der Waals surface area contributed by atoms with E-state index in [-0.39, 0.29) is 6.61 Å². The number of aromatic nitrogens is 2. The maximum Gasteiger partial charge on any atom is 0.342 e. The topological polar surface area (TPSA) is 79.4 Å². The summed E-state index contributed by atoms with van der Waals surface area (Å²) in [6, 6.07) is 6.76. The molecule has 0 bridgehead atoms. The minimum atomic E-state index is -0.472. The van der Waals surface area contributed by atoms with E-state index in [2.05, 4.69) is 5.10 Å². The molecule has 0 unspecified atom stereocenters. The first kappa shape index (κ1) is 14.9. The fourth-order valence-corrected chi connectivity index (χ4v) is 2.09. The number of nitrogen functional groups attached to an aromatic ring is 1. The van der Waals surface area contributed by atoms with Crippen LogP contribution in [0, 0.1) is 6.92 Å². The molecule has 0 aliphatic carbocycles. The number of hydrogen-bond donors (Lipinski definition) is 1. The lowest BCUT2D eigenvalue weighted by atomic mass is 10.2. The fourth-order valence-electron chi connectivity index (χ4n) is 2.09. The van der Waals surface area contributed by atoms with Crippen molar-refractivity contribution in [1.82, 2.24) is 9.78 Å². The van der Waals surface area contributed by atoms with Crippen LogP contribution in [0.5, 0.6) is 5.75 Å². The Morgan fingerprint density at radius 2 is 2.14 bits per heavy atom. The summed E-state index contributed by atoms with van der Waals surface area (Å²) in [4.78, 5) is 12.2. The predicted octanol–water partition coefficient (Wildman–Crippen LogP) is 2.16. The van der Waals surface area contributed by atoms with Crippen LogP contribution in [0.2, 0.25) is 0 Å². The zero-order valence-electron chi connectivity index (χ0n) is 12.4. The molecule has 1 aromatic carbocycles. The van der Waals surface area contributed by atoms with Crippen molar-refractivity contribution in [2.75, 3.05) is 12.8 Å². The molecule has 6 heteroatoms. The molecule has 1 heterocycles. The van der Waals surface area contributed by atoms with Crippen molar-refractivity contribution in [2.45, 2.75) is 27.0 Å². The van der Waals surface area contributed by atoms with Gasteiger partial charge in [0.1, 0.15) is 17.9 Å². The van der Waals surface area contributed by atoms with Crippen molar-refractivity contribution in [1.29, 1.82) is 0 Å². The molecule has 2 rings (SSSR count). The largest absolute Gasteiger partial charge is 0.496 e. The lowest BCUT2D eigenvalue weighted by Gasteiger charge is -2.10. The van der Waals surface area contributed by atoms with Crippen molar-refractivity contribution >= 4 is 11.7 Å². The number of benzene rings is 1. The van der Waals surface area contributed by atoms with Crippen LogP contribution in [0.1, 0.15) is 28.7 Å². The van der Waals surface area contributed by atoms with Crippen LogP contribution in [0.3, 0.4) is 0 Å².